The molecular formula is C19H14Cl2F3NO2. The molecule has 2 aromatic rings. The molecule has 3 nitrogen and oxygen atoms in total. The Morgan fingerprint density at radius 3 is 2.07 bits per heavy atom. The van der Waals surface area contributed by atoms with E-state index in [1.807, 2.05) is 0 Å². The number of rotatable bonds is 3. The topological polar surface area (TPSA) is 37.4 Å². The van der Waals surface area contributed by atoms with E-state index in [4.69, 9.17) is 23.2 Å². The zero-order valence-corrected chi connectivity index (χ0v) is 15.5. The maximum atomic E-state index is 13.8. The van der Waals surface area contributed by atoms with Crippen LogP contribution in [0.3, 0.4) is 0 Å². The normalized spacial score (nSPS) is 15.1. The van der Waals surface area contributed by atoms with Crippen LogP contribution in [0.25, 0.3) is 0 Å². The molecular weight excluding hydrogens is 402 g/mol. The van der Waals surface area contributed by atoms with Gasteiger partial charge in [-0.1, -0.05) is 23.2 Å². The van der Waals surface area contributed by atoms with Crippen LogP contribution in [0.15, 0.2) is 30.3 Å². The zero-order valence-electron chi connectivity index (χ0n) is 13.9. The molecule has 2 aromatic carbocycles. The number of halogens is 5. The van der Waals surface area contributed by atoms with Crippen LogP contribution in [0.5, 0.6) is 0 Å². The van der Waals surface area contributed by atoms with Gasteiger partial charge in [-0.05, 0) is 31.0 Å². The van der Waals surface area contributed by atoms with Gasteiger partial charge in [0, 0.05) is 36.7 Å². The predicted molar refractivity (Wildman–Crippen MR) is 95.7 cm³/mol. The van der Waals surface area contributed by atoms with Gasteiger partial charge in [0.15, 0.2) is 5.78 Å². The number of hydrogen-bond acceptors (Lipinski definition) is 2. The molecule has 0 radical (unpaired) electrons. The fraction of sp³-hybridized carbons (Fsp3) is 0.263. The van der Waals surface area contributed by atoms with Crippen molar-refractivity contribution in [2.75, 3.05) is 13.1 Å². The summed E-state index contributed by atoms with van der Waals surface area (Å²) in [5.74, 6) is -5.13. The molecule has 1 amide bonds. The van der Waals surface area contributed by atoms with Gasteiger partial charge in [0.1, 0.15) is 17.5 Å². The van der Waals surface area contributed by atoms with Crippen LogP contribution < -0.4 is 0 Å². The highest BCUT2D eigenvalue weighted by Crippen LogP contribution is 2.27. The molecule has 8 heteroatoms. The molecule has 3 rings (SSSR count). The first kappa shape index (κ1) is 19.7. The first-order valence-electron chi connectivity index (χ1n) is 8.21. The molecule has 0 saturated carbocycles. The van der Waals surface area contributed by atoms with Crippen molar-refractivity contribution in [3.63, 3.8) is 0 Å². The van der Waals surface area contributed by atoms with E-state index in [1.165, 1.54) is 12.1 Å². The van der Waals surface area contributed by atoms with Gasteiger partial charge in [-0.2, -0.15) is 0 Å². The van der Waals surface area contributed by atoms with Crippen molar-refractivity contribution in [3.8, 4) is 0 Å². The third kappa shape index (κ3) is 4.12. The number of Topliss-reactive ketones (excluding diaryl/α,β-unsaturated/α-hetero) is 1. The molecule has 1 saturated heterocycles. The first-order valence-corrected chi connectivity index (χ1v) is 8.96. The second-order valence-corrected chi connectivity index (χ2v) is 7.12. The highest BCUT2D eigenvalue weighted by Gasteiger charge is 2.31. The van der Waals surface area contributed by atoms with Gasteiger partial charge >= 0.3 is 0 Å². The lowest BCUT2D eigenvalue weighted by atomic mass is 9.88. The smallest absolute Gasteiger partial charge is 0.253 e. The molecule has 0 aliphatic carbocycles. The van der Waals surface area contributed by atoms with Crippen molar-refractivity contribution in [3.05, 3.63) is 69.0 Å². The summed E-state index contributed by atoms with van der Waals surface area (Å²) in [5, 5.41) is 0.593. The minimum Gasteiger partial charge on any atom is -0.339 e. The van der Waals surface area contributed by atoms with Crippen LogP contribution >= 0.6 is 23.2 Å². The molecule has 0 N–H and O–H groups in total. The minimum atomic E-state index is -1.22. The molecule has 27 heavy (non-hydrogen) atoms. The molecule has 1 aliphatic heterocycles. The van der Waals surface area contributed by atoms with Gasteiger partial charge in [0.25, 0.3) is 5.91 Å². The Morgan fingerprint density at radius 1 is 0.926 bits per heavy atom. The van der Waals surface area contributed by atoms with Crippen LogP contribution in [0.1, 0.15) is 33.6 Å². The molecule has 0 aromatic heterocycles. The summed E-state index contributed by atoms with van der Waals surface area (Å²) in [4.78, 5) is 26.5. The fourth-order valence-electron chi connectivity index (χ4n) is 3.14. The molecule has 0 bridgehead atoms. The summed E-state index contributed by atoms with van der Waals surface area (Å²) >= 11 is 11.8. The lowest BCUT2D eigenvalue weighted by Crippen LogP contribution is -2.40. The average molecular weight is 416 g/mol. The second-order valence-electron chi connectivity index (χ2n) is 6.30. The summed E-state index contributed by atoms with van der Waals surface area (Å²) in [6.07, 6.45) is 0.504. The van der Waals surface area contributed by atoms with Crippen molar-refractivity contribution in [2.45, 2.75) is 12.8 Å². The maximum Gasteiger partial charge on any atom is 0.253 e. The highest BCUT2D eigenvalue weighted by molar-refractivity contribution is 6.42. The van der Waals surface area contributed by atoms with Gasteiger partial charge in [-0.25, -0.2) is 13.2 Å². The SMILES string of the molecule is O=C(c1c(F)cc(F)cc1F)C1CCN(C(=O)c2ccc(Cl)c(Cl)c2)CC1. The number of nitrogens with zero attached hydrogens (tertiary/aromatic N) is 1. The van der Waals surface area contributed by atoms with E-state index < -0.39 is 34.7 Å². The van der Waals surface area contributed by atoms with Gasteiger partial charge in [-0.3, -0.25) is 9.59 Å². The highest BCUT2D eigenvalue weighted by atomic mass is 35.5. The van der Waals surface area contributed by atoms with Crippen LogP contribution in [0.2, 0.25) is 10.0 Å². The van der Waals surface area contributed by atoms with Crippen LogP contribution in [-0.2, 0) is 0 Å². The standard InChI is InChI=1S/C19H14Cl2F3NO2/c20-13-2-1-11(7-14(13)21)19(27)25-5-3-10(4-6-25)18(26)17-15(23)8-12(22)9-16(17)24/h1-2,7-10H,3-6H2. The Morgan fingerprint density at radius 2 is 1.52 bits per heavy atom. The number of benzene rings is 2. The van der Waals surface area contributed by atoms with Gasteiger partial charge in [-0.15, -0.1) is 0 Å². The quantitative estimate of drug-likeness (QED) is 0.650. The molecule has 0 spiro atoms. The first-order chi connectivity index (χ1) is 12.8. The Labute approximate surface area is 163 Å². The van der Waals surface area contributed by atoms with Crippen LogP contribution in [0, 0.1) is 23.4 Å². The summed E-state index contributed by atoms with van der Waals surface area (Å²) in [6.45, 7) is 0.500. The number of piperidine rings is 1. The van der Waals surface area contributed by atoms with Crippen molar-refractivity contribution in [1.82, 2.24) is 4.90 Å². The summed E-state index contributed by atoms with van der Waals surface area (Å²) in [5.41, 5.74) is -0.365. The Bertz CT molecular complexity index is 889. The van der Waals surface area contributed by atoms with Crippen LogP contribution in [0.4, 0.5) is 13.2 Å². The molecule has 1 heterocycles. The van der Waals surface area contributed by atoms with Gasteiger partial charge in [0.2, 0.25) is 0 Å². The summed E-state index contributed by atoms with van der Waals surface area (Å²) in [6, 6.07) is 5.51. The van der Waals surface area contributed by atoms with Crippen molar-refractivity contribution >= 4 is 34.9 Å². The van der Waals surface area contributed by atoms with Crippen molar-refractivity contribution in [1.29, 1.82) is 0 Å². The third-order valence-electron chi connectivity index (χ3n) is 4.57. The molecule has 1 fully saturated rings. The van der Waals surface area contributed by atoms with Gasteiger partial charge < -0.3 is 4.90 Å². The van der Waals surface area contributed by atoms with E-state index in [2.05, 4.69) is 0 Å². The lowest BCUT2D eigenvalue weighted by molar-refractivity contribution is 0.0647. The Kier molecular flexibility index (Phi) is 5.77. The fourth-order valence-corrected chi connectivity index (χ4v) is 3.44. The van der Waals surface area contributed by atoms with E-state index in [0.29, 0.717) is 22.7 Å². The predicted octanol–water partition coefficient (Wildman–Crippen LogP) is 5.15. The average Bonchev–Trinajstić information content (AvgIpc) is 2.62. The lowest BCUT2D eigenvalue weighted by Gasteiger charge is -2.31. The maximum absolute atomic E-state index is 13.8. The number of likely N-dealkylation sites (tertiary alicyclic amines) is 1. The molecule has 0 atom stereocenters. The second kappa shape index (κ2) is 7.90. The Balaban J connectivity index is 1.69. The van der Waals surface area contributed by atoms with E-state index in [0.717, 1.165) is 0 Å². The van der Waals surface area contributed by atoms with E-state index in [1.54, 1.807) is 11.0 Å². The number of hydrogen-bond donors (Lipinski definition) is 0. The summed E-state index contributed by atoms with van der Waals surface area (Å²) < 4.78 is 40.7. The molecule has 0 unspecified atom stereocenters. The number of amides is 1. The number of carbonyl (C=O) groups excluding carboxylic acids is 2. The largest absolute Gasteiger partial charge is 0.339 e. The van der Waals surface area contributed by atoms with Crippen LogP contribution in [-0.4, -0.2) is 29.7 Å². The third-order valence-corrected chi connectivity index (χ3v) is 5.31. The zero-order chi connectivity index (χ0) is 19.7. The number of carbonyl (C=O) groups is 2. The van der Waals surface area contributed by atoms with Crippen molar-refractivity contribution < 1.29 is 22.8 Å². The van der Waals surface area contributed by atoms with E-state index in [9.17, 15) is 22.8 Å². The summed E-state index contributed by atoms with van der Waals surface area (Å²) in [7, 11) is 0. The Hall–Kier alpha value is -2.05. The van der Waals surface area contributed by atoms with Gasteiger partial charge in [0.05, 0.1) is 15.6 Å². The minimum absolute atomic E-state index is 0.250. The van der Waals surface area contributed by atoms with E-state index >= 15 is 0 Å². The molecule has 1 aliphatic rings. The van der Waals surface area contributed by atoms with E-state index in [-0.39, 0.29) is 36.9 Å². The van der Waals surface area contributed by atoms with Crippen molar-refractivity contribution in [2.24, 2.45) is 5.92 Å². The molecule has 142 valence electrons. The monoisotopic (exact) mass is 415 g/mol. The number of ketones is 1.